The monoisotopic (exact) mass is 332 g/mol. The summed E-state index contributed by atoms with van der Waals surface area (Å²) in [6.45, 7) is 10.3. The third kappa shape index (κ3) is 4.58. The first kappa shape index (κ1) is 17.5. The van der Waals surface area contributed by atoms with Gasteiger partial charge >= 0.3 is 0 Å². The molecule has 5 nitrogen and oxygen atoms in total. The Morgan fingerprint density at radius 3 is 2.70 bits per heavy atom. The van der Waals surface area contributed by atoms with Gasteiger partial charge in [0.15, 0.2) is 5.16 Å². The number of carbonyl (C=O) groups is 1. The van der Waals surface area contributed by atoms with E-state index in [1.165, 1.54) is 17.3 Å². The molecule has 0 saturated heterocycles. The molecular weight excluding hydrogens is 308 g/mol. The number of carbonyl (C=O) groups excluding carboxylic acids is 1. The molecule has 0 saturated carbocycles. The van der Waals surface area contributed by atoms with Gasteiger partial charge in [0.25, 0.3) is 0 Å². The lowest BCUT2D eigenvalue weighted by molar-refractivity contribution is -0.119. The van der Waals surface area contributed by atoms with Crippen molar-refractivity contribution in [2.45, 2.75) is 45.8 Å². The molecule has 0 bridgehead atoms. The van der Waals surface area contributed by atoms with Crippen LogP contribution in [0.1, 0.15) is 31.9 Å². The van der Waals surface area contributed by atoms with E-state index in [2.05, 4.69) is 61.4 Å². The summed E-state index contributed by atoms with van der Waals surface area (Å²) in [5.41, 5.74) is 3.42. The number of aromatic nitrogens is 3. The molecule has 6 heteroatoms. The van der Waals surface area contributed by atoms with Crippen molar-refractivity contribution in [1.29, 1.82) is 0 Å². The molecule has 1 atom stereocenters. The Hall–Kier alpha value is -1.82. The molecule has 124 valence electrons. The zero-order chi connectivity index (χ0) is 17.0. The van der Waals surface area contributed by atoms with E-state index >= 15 is 0 Å². The predicted molar refractivity (Wildman–Crippen MR) is 94.0 cm³/mol. The Bertz CT molecular complexity index is 681. The maximum Gasteiger partial charge on any atom is 0.230 e. The number of benzene rings is 1. The molecule has 23 heavy (non-hydrogen) atoms. The van der Waals surface area contributed by atoms with Gasteiger partial charge in [-0.3, -0.25) is 9.36 Å². The predicted octanol–water partition coefficient (Wildman–Crippen LogP) is 3.14. The maximum atomic E-state index is 12.0. The lowest BCUT2D eigenvalue weighted by Gasteiger charge is -2.17. The molecule has 2 aromatic rings. The molecular formula is C17H24N4OS. The van der Waals surface area contributed by atoms with E-state index < -0.39 is 0 Å². The normalized spacial score (nSPS) is 12.4. The van der Waals surface area contributed by atoms with Crippen LogP contribution in [0.15, 0.2) is 29.7 Å². The molecule has 1 aromatic heterocycles. The number of nitrogens with one attached hydrogen (secondary N) is 1. The van der Waals surface area contributed by atoms with Crippen LogP contribution in [0.5, 0.6) is 0 Å². The highest BCUT2D eigenvalue weighted by atomic mass is 32.2. The fourth-order valence-electron chi connectivity index (χ4n) is 2.16. The summed E-state index contributed by atoms with van der Waals surface area (Å²) in [4.78, 5) is 12.0. The zero-order valence-corrected chi connectivity index (χ0v) is 15.1. The molecule has 0 aliphatic rings. The second kappa shape index (κ2) is 7.64. The SMILES string of the molecule is Cc1ccc(-n2cnnc2SCC(=O)NC(C)C(C)C)c(C)c1. The maximum absolute atomic E-state index is 12.0. The van der Waals surface area contributed by atoms with Gasteiger partial charge in [-0.25, -0.2) is 0 Å². The first-order valence-corrected chi connectivity index (χ1v) is 8.77. The summed E-state index contributed by atoms with van der Waals surface area (Å²) >= 11 is 1.40. The van der Waals surface area contributed by atoms with E-state index in [1.807, 2.05) is 11.5 Å². The van der Waals surface area contributed by atoms with Gasteiger partial charge in [-0.05, 0) is 38.3 Å². The van der Waals surface area contributed by atoms with Crippen molar-refractivity contribution in [1.82, 2.24) is 20.1 Å². The number of aryl methyl sites for hydroxylation is 2. The van der Waals surface area contributed by atoms with Gasteiger partial charge in [-0.2, -0.15) is 0 Å². The van der Waals surface area contributed by atoms with E-state index in [1.54, 1.807) is 6.33 Å². The van der Waals surface area contributed by atoms with E-state index in [0.29, 0.717) is 11.7 Å². The molecule has 0 spiro atoms. The smallest absolute Gasteiger partial charge is 0.230 e. The fraction of sp³-hybridized carbons (Fsp3) is 0.471. The quantitative estimate of drug-likeness (QED) is 0.826. The molecule has 0 fully saturated rings. The zero-order valence-electron chi connectivity index (χ0n) is 14.3. The first-order valence-electron chi connectivity index (χ1n) is 7.78. The number of nitrogens with zero attached hydrogens (tertiary/aromatic N) is 3. The topological polar surface area (TPSA) is 59.8 Å². The summed E-state index contributed by atoms with van der Waals surface area (Å²) in [6.07, 6.45) is 1.69. The Labute approximate surface area is 141 Å². The third-order valence-electron chi connectivity index (χ3n) is 3.85. The van der Waals surface area contributed by atoms with Gasteiger partial charge in [0.2, 0.25) is 5.91 Å². The summed E-state index contributed by atoms with van der Waals surface area (Å²) in [7, 11) is 0. The largest absolute Gasteiger partial charge is 0.353 e. The summed E-state index contributed by atoms with van der Waals surface area (Å²) < 4.78 is 1.93. The molecule has 0 aliphatic carbocycles. The van der Waals surface area contributed by atoms with E-state index in [9.17, 15) is 4.79 Å². The lowest BCUT2D eigenvalue weighted by atomic mass is 10.1. The van der Waals surface area contributed by atoms with Gasteiger partial charge in [0.05, 0.1) is 11.4 Å². The minimum atomic E-state index is 0.0198. The molecule has 1 unspecified atom stereocenters. The van der Waals surface area contributed by atoms with Gasteiger partial charge in [-0.15, -0.1) is 10.2 Å². The number of hydrogen-bond donors (Lipinski definition) is 1. The van der Waals surface area contributed by atoms with E-state index in [-0.39, 0.29) is 11.9 Å². The first-order chi connectivity index (χ1) is 10.9. The van der Waals surface area contributed by atoms with Crippen molar-refractivity contribution in [2.24, 2.45) is 5.92 Å². The van der Waals surface area contributed by atoms with Crippen LogP contribution in [0.25, 0.3) is 5.69 Å². The van der Waals surface area contributed by atoms with Crippen LogP contribution >= 0.6 is 11.8 Å². The standard InChI is InChI=1S/C17H24N4OS/c1-11(2)14(5)19-16(22)9-23-17-20-18-10-21(17)15-7-6-12(3)8-13(15)4/h6-8,10-11,14H,9H2,1-5H3,(H,19,22). The van der Waals surface area contributed by atoms with Gasteiger partial charge in [0, 0.05) is 6.04 Å². The molecule has 0 radical (unpaired) electrons. The van der Waals surface area contributed by atoms with Crippen LogP contribution in [0.2, 0.25) is 0 Å². The van der Waals surface area contributed by atoms with Crippen molar-refractivity contribution in [3.05, 3.63) is 35.7 Å². The van der Waals surface area contributed by atoms with Gasteiger partial charge in [-0.1, -0.05) is 43.3 Å². The molecule has 1 heterocycles. The van der Waals surface area contributed by atoms with Crippen molar-refractivity contribution in [3.8, 4) is 5.69 Å². The highest BCUT2D eigenvalue weighted by Gasteiger charge is 2.14. The van der Waals surface area contributed by atoms with E-state index in [0.717, 1.165) is 16.4 Å². The summed E-state index contributed by atoms with van der Waals surface area (Å²) in [6, 6.07) is 6.41. The highest BCUT2D eigenvalue weighted by molar-refractivity contribution is 7.99. The van der Waals surface area contributed by atoms with Crippen LogP contribution in [-0.2, 0) is 4.79 Å². The van der Waals surface area contributed by atoms with Crippen LogP contribution in [0, 0.1) is 19.8 Å². The van der Waals surface area contributed by atoms with Crippen molar-refractivity contribution < 1.29 is 4.79 Å². The van der Waals surface area contributed by atoms with Crippen LogP contribution < -0.4 is 5.32 Å². The number of hydrogen-bond acceptors (Lipinski definition) is 4. The van der Waals surface area contributed by atoms with Crippen LogP contribution in [0.3, 0.4) is 0 Å². The van der Waals surface area contributed by atoms with Crippen molar-refractivity contribution >= 4 is 17.7 Å². The number of rotatable bonds is 6. The average molecular weight is 332 g/mol. The molecule has 1 N–H and O–H groups in total. The fourth-order valence-corrected chi connectivity index (χ4v) is 2.89. The van der Waals surface area contributed by atoms with Gasteiger partial charge in [0.1, 0.15) is 6.33 Å². The highest BCUT2D eigenvalue weighted by Crippen LogP contribution is 2.22. The Morgan fingerprint density at radius 2 is 2.04 bits per heavy atom. The summed E-state index contributed by atoms with van der Waals surface area (Å²) in [5, 5.41) is 11.9. The number of thioether (sulfide) groups is 1. The molecule has 1 amide bonds. The van der Waals surface area contributed by atoms with Crippen LogP contribution in [0.4, 0.5) is 0 Å². The average Bonchev–Trinajstić information content (AvgIpc) is 2.93. The Balaban J connectivity index is 2.06. The van der Waals surface area contributed by atoms with Crippen molar-refractivity contribution in [2.75, 3.05) is 5.75 Å². The Morgan fingerprint density at radius 1 is 1.30 bits per heavy atom. The second-order valence-corrected chi connectivity index (χ2v) is 7.10. The minimum absolute atomic E-state index is 0.0198. The Kier molecular flexibility index (Phi) is 5.82. The summed E-state index contributed by atoms with van der Waals surface area (Å²) in [5.74, 6) is 0.773. The molecule has 0 aliphatic heterocycles. The van der Waals surface area contributed by atoms with Crippen molar-refractivity contribution in [3.63, 3.8) is 0 Å². The van der Waals surface area contributed by atoms with Crippen LogP contribution in [-0.4, -0.2) is 32.5 Å². The van der Waals surface area contributed by atoms with Gasteiger partial charge < -0.3 is 5.32 Å². The molecule has 1 aromatic carbocycles. The minimum Gasteiger partial charge on any atom is -0.353 e. The number of amides is 1. The molecule has 2 rings (SSSR count). The second-order valence-electron chi connectivity index (χ2n) is 6.16. The third-order valence-corrected chi connectivity index (χ3v) is 4.79. The lowest BCUT2D eigenvalue weighted by Crippen LogP contribution is -2.37. The van der Waals surface area contributed by atoms with E-state index in [4.69, 9.17) is 0 Å².